The average Bonchev–Trinajstić information content (AvgIpc) is 2.77. The minimum Gasteiger partial charge on any atom is -0.298 e. The fourth-order valence-electron chi connectivity index (χ4n) is 1.34. The first-order valence-corrected chi connectivity index (χ1v) is 5.26. The van der Waals surface area contributed by atoms with Crippen LogP contribution in [-0.2, 0) is 0 Å². The molecule has 0 radical (unpaired) electrons. The number of nitriles is 1. The summed E-state index contributed by atoms with van der Waals surface area (Å²) in [5.74, 6) is 0. The molecule has 0 spiro atoms. The highest BCUT2D eigenvalue weighted by atomic mass is 32.1. The van der Waals surface area contributed by atoms with E-state index >= 15 is 0 Å². The predicted molar refractivity (Wildman–Crippen MR) is 59.9 cm³/mol. The van der Waals surface area contributed by atoms with E-state index in [0.717, 1.165) is 16.7 Å². The van der Waals surface area contributed by atoms with Gasteiger partial charge < -0.3 is 0 Å². The van der Waals surface area contributed by atoms with Gasteiger partial charge in [0.2, 0.25) is 0 Å². The Morgan fingerprint density at radius 2 is 1.93 bits per heavy atom. The molecule has 1 aromatic carbocycles. The summed E-state index contributed by atoms with van der Waals surface area (Å²) >= 11 is 1.53. The van der Waals surface area contributed by atoms with Crippen molar-refractivity contribution in [2.24, 2.45) is 0 Å². The summed E-state index contributed by atoms with van der Waals surface area (Å²) in [6.07, 6.45) is 0.851. The van der Waals surface area contributed by atoms with Crippen LogP contribution < -0.4 is 0 Å². The zero-order chi connectivity index (χ0) is 10.7. The lowest BCUT2D eigenvalue weighted by Gasteiger charge is -1.98. The van der Waals surface area contributed by atoms with Gasteiger partial charge in [-0.3, -0.25) is 4.79 Å². The molecular formula is C12H7NOS. The second-order valence-electron chi connectivity index (χ2n) is 3.01. The van der Waals surface area contributed by atoms with E-state index in [2.05, 4.69) is 6.07 Å². The Hall–Kier alpha value is -1.92. The number of aldehydes is 1. The molecule has 72 valence electrons. The highest BCUT2D eigenvalue weighted by molar-refractivity contribution is 7.14. The Kier molecular flexibility index (Phi) is 2.61. The molecule has 0 atom stereocenters. The molecular weight excluding hydrogens is 206 g/mol. The van der Waals surface area contributed by atoms with Crippen LogP contribution in [0.1, 0.15) is 15.9 Å². The van der Waals surface area contributed by atoms with Crippen LogP contribution in [0.4, 0.5) is 0 Å². The average molecular weight is 213 g/mol. The Morgan fingerprint density at radius 3 is 2.53 bits per heavy atom. The van der Waals surface area contributed by atoms with E-state index in [9.17, 15) is 4.79 Å². The first-order valence-electron chi connectivity index (χ1n) is 4.38. The maximum Gasteiger partial charge on any atom is 0.151 e. The van der Waals surface area contributed by atoms with Crippen molar-refractivity contribution in [3.8, 4) is 16.5 Å². The molecule has 0 unspecified atom stereocenters. The van der Waals surface area contributed by atoms with Crippen LogP contribution in [0.15, 0.2) is 35.7 Å². The molecule has 2 nitrogen and oxygen atoms in total. The molecule has 0 bridgehead atoms. The second kappa shape index (κ2) is 4.07. The fourth-order valence-corrected chi connectivity index (χ4v) is 2.22. The standard InChI is InChI=1S/C12H7NOS/c13-7-9-1-3-10(4-2-9)12-11(8-14)5-6-15-12/h1-6,8H. The molecule has 2 aromatic rings. The van der Waals surface area contributed by atoms with Gasteiger partial charge in [0.15, 0.2) is 6.29 Å². The Balaban J connectivity index is 2.46. The van der Waals surface area contributed by atoms with Gasteiger partial charge in [-0.05, 0) is 29.1 Å². The van der Waals surface area contributed by atoms with Crippen molar-refractivity contribution in [1.29, 1.82) is 5.26 Å². The monoisotopic (exact) mass is 213 g/mol. The molecule has 0 aliphatic rings. The van der Waals surface area contributed by atoms with E-state index in [1.807, 2.05) is 17.5 Å². The van der Waals surface area contributed by atoms with Gasteiger partial charge >= 0.3 is 0 Å². The molecule has 15 heavy (non-hydrogen) atoms. The van der Waals surface area contributed by atoms with E-state index in [4.69, 9.17) is 5.26 Å². The maximum absolute atomic E-state index is 10.7. The van der Waals surface area contributed by atoms with Gasteiger partial charge in [-0.15, -0.1) is 11.3 Å². The van der Waals surface area contributed by atoms with Crippen LogP contribution in [-0.4, -0.2) is 6.29 Å². The SMILES string of the molecule is N#Cc1ccc(-c2sccc2C=O)cc1. The zero-order valence-corrected chi connectivity index (χ0v) is 8.62. The lowest BCUT2D eigenvalue weighted by Crippen LogP contribution is -1.80. The van der Waals surface area contributed by atoms with Crippen molar-refractivity contribution in [3.63, 3.8) is 0 Å². The van der Waals surface area contributed by atoms with Gasteiger partial charge in [0.05, 0.1) is 11.6 Å². The Bertz CT molecular complexity index is 519. The van der Waals surface area contributed by atoms with Crippen LogP contribution in [0.2, 0.25) is 0 Å². The third-order valence-corrected chi connectivity index (χ3v) is 3.08. The summed E-state index contributed by atoms with van der Waals surface area (Å²) in [6, 6.07) is 11.1. The highest BCUT2D eigenvalue weighted by Crippen LogP contribution is 2.28. The van der Waals surface area contributed by atoms with Crippen molar-refractivity contribution in [1.82, 2.24) is 0 Å². The molecule has 0 N–H and O–H groups in total. The molecule has 1 aromatic heterocycles. The molecule has 0 fully saturated rings. The zero-order valence-electron chi connectivity index (χ0n) is 7.81. The summed E-state index contributed by atoms with van der Waals surface area (Å²) in [5.41, 5.74) is 2.30. The number of benzene rings is 1. The van der Waals surface area contributed by atoms with Crippen molar-refractivity contribution in [2.75, 3.05) is 0 Å². The van der Waals surface area contributed by atoms with Crippen molar-refractivity contribution < 1.29 is 4.79 Å². The molecule has 2 rings (SSSR count). The number of hydrogen-bond acceptors (Lipinski definition) is 3. The molecule has 1 heterocycles. The summed E-state index contributed by atoms with van der Waals surface area (Å²) in [4.78, 5) is 11.7. The summed E-state index contributed by atoms with van der Waals surface area (Å²) in [5, 5.41) is 10.5. The third kappa shape index (κ3) is 1.80. The van der Waals surface area contributed by atoms with E-state index in [-0.39, 0.29) is 0 Å². The van der Waals surface area contributed by atoms with Gasteiger partial charge in [0.25, 0.3) is 0 Å². The first kappa shape index (κ1) is 9.63. The molecule has 0 amide bonds. The smallest absolute Gasteiger partial charge is 0.151 e. The third-order valence-electron chi connectivity index (χ3n) is 2.10. The van der Waals surface area contributed by atoms with E-state index in [1.165, 1.54) is 11.3 Å². The van der Waals surface area contributed by atoms with Crippen molar-refractivity contribution in [3.05, 3.63) is 46.8 Å². The number of carbonyl (C=O) groups is 1. The normalized spacial score (nSPS) is 9.53. The van der Waals surface area contributed by atoms with Crippen LogP contribution in [0.5, 0.6) is 0 Å². The fraction of sp³-hybridized carbons (Fsp3) is 0. The summed E-state index contributed by atoms with van der Waals surface area (Å²) < 4.78 is 0. The molecule has 0 aliphatic heterocycles. The topological polar surface area (TPSA) is 40.9 Å². The second-order valence-corrected chi connectivity index (χ2v) is 3.93. The number of hydrogen-bond donors (Lipinski definition) is 0. The van der Waals surface area contributed by atoms with Crippen LogP contribution in [0, 0.1) is 11.3 Å². The van der Waals surface area contributed by atoms with E-state index in [0.29, 0.717) is 11.1 Å². The van der Waals surface area contributed by atoms with Crippen molar-refractivity contribution in [2.45, 2.75) is 0 Å². The Labute approximate surface area is 91.4 Å². The minimum absolute atomic E-state index is 0.628. The lowest BCUT2D eigenvalue weighted by atomic mass is 10.1. The largest absolute Gasteiger partial charge is 0.298 e. The van der Waals surface area contributed by atoms with Crippen LogP contribution in [0.3, 0.4) is 0 Å². The summed E-state index contributed by atoms with van der Waals surface area (Å²) in [6.45, 7) is 0. The maximum atomic E-state index is 10.7. The number of thiophene rings is 1. The molecule has 0 saturated heterocycles. The van der Waals surface area contributed by atoms with Crippen LogP contribution in [0.25, 0.3) is 10.4 Å². The van der Waals surface area contributed by atoms with Gasteiger partial charge in [-0.1, -0.05) is 12.1 Å². The lowest BCUT2D eigenvalue weighted by molar-refractivity contribution is 0.112. The summed E-state index contributed by atoms with van der Waals surface area (Å²) in [7, 11) is 0. The molecule has 0 aliphatic carbocycles. The number of rotatable bonds is 2. The Morgan fingerprint density at radius 1 is 1.20 bits per heavy atom. The van der Waals surface area contributed by atoms with E-state index in [1.54, 1.807) is 18.2 Å². The van der Waals surface area contributed by atoms with Gasteiger partial charge in [-0.25, -0.2) is 0 Å². The first-order chi connectivity index (χ1) is 7.35. The van der Waals surface area contributed by atoms with Crippen LogP contribution >= 0.6 is 11.3 Å². The van der Waals surface area contributed by atoms with Gasteiger partial charge in [0, 0.05) is 10.4 Å². The minimum atomic E-state index is 0.628. The van der Waals surface area contributed by atoms with Gasteiger partial charge in [-0.2, -0.15) is 5.26 Å². The number of carbonyl (C=O) groups excluding carboxylic acids is 1. The van der Waals surface area contributed by atoms with E-state index < -0.39 is 0 Å². The molecule has 3 heteroatoms. The number of nitrogens with zero attached hydrogens (tertiary/aromatic N) is 1. The van der Waals surface area contributed by atoms with Crippen molar-refractivity contribution >= 4 is 17.6 Å². The highest BCUT2D eigenvalue weighted by Gasteiger charge is 2.05. The predicted octanol–water partition coefficient (Wildman–Crippen LogP) is 3.10. The molecule has 0 saturated carbocycles. The quantitative estimate of drug-likeness (QED) is 0.719. The van der Waals surface area contributed by atoms with Gasteiger partial charge in [0.1, 0.15) is 0 Å².